The second kappa shape index (κ2) is 5.49. The van der Waals surface area contributed by atoms with Crippen LogP contribution in [0.5, 0.6) is 0 Å². The monoisotopic (exact) mass is 269 g/mol. The van der Waals surface area contributed by atoms with Crippen molar-refractivity contribution >= 4 is 5.91 Å². The molecule has 2 heterocycles. The van der Waals surface area contributed by atoms with Gasteiger partial charge in [-0.2, -0.15) is 5.10 Å². The minimum absolute atomic E-state index is 0.143. The van der Waals surface area contributed by atoms with E-state index in [1.807, 2.05) is 59.2 Å². The summed E-state index contributed by atoms with van der Waals surface area (Å²) >= 11 is 0. The van der Waals surface area contributed by atoms with E-state index in [1.165, 1.54) is 5.56 Å². The molecule has 0 atom stereocenters. The maximum atomic E-state index is 12.4. The number of hydrogen-bond acceptors (Lipinski definition) is 2. The van der Waals surface area contributed by atoms with Crippen molar-refractivity contribution in [1.82, 2.24) is 14.7 Å². The molecule has 0 unspecified atom stereocenters. The molecule has 0 aliphatic carbocycles. The molecule has 1 amide bonds. The molecule has 0 radical (unpaired) electrons. The van der Waals surface area contributed by atoms with Gasteiger partial charge in [-0.3, -0.25) is 9.48 Å². The number of likely N-dealkylation sites (tertiary alicyclic amines) is 1. The zero-order chi connectivity index (χ0) is 13.9. The van der Waals surface area contributed by atoms with Crippen LogP contribution in [0.15, 0.2) is 42.7 Å². The Morgan fingerprint density at radius 3 is 2.50 bits per heavy atom. The van der Waals surface area contributed by atoms with Gasteiger partial charge in [-0.25, -0.2) is 0 Å². The van der Waals surface area contributed by atoms with Gasteiger partial charge >= 0.3 is 0 Å². The summed E-state index contributed by atoms with van der Waals surface area (Å²) in [6, 6.07) is 10.2. The predicted molar refractivity (Wildman–Crippen MR) is 77.6 cm³/mol. The van der Waals surface area contributed by atoms with Gasteiger partial charge in [0, 0.05) is 31.0 Å². The van der Waals surface area contributed by atoms with E-state index in [0.29, 0.717) is 6.04 Å². The molecule has 1 saturated heterocycles. The topological polar surface area (TPSA) is 38.1 Å². The highest BCUT2D eigenvalue weighted by molar-refractivity contribution is 5.94. The summed E-state index contributed by atoms with van der Waals surface area (Å²) in [6.45, 7) is 3.64. The Bertz CT molecular complexity index is 566. The Hall–Kier alpha value is -2.10. The van der Waals surface area contributed by atoms with E-state index in [2.05, 4.69) is 5.10 Å². The van der Waals surface area contributed by atoms with Gasteiger partial charge in [-0.05, 0) is 38.0 Å². The van der Waals surface area contributed by atoms with Crippen LogP contribution >= 0.6 is 0 Å². The van der Waals surface area contributed by atoms with E-state index in [-0.39, 0.29) is 5.91 Å². The van der Waals surface area contributed by atoms with Crippen LogP contribution in [0.4, 0.5) is 0 Å². The molecule has 1 aromatic heterocycles. The Labute approximate surface area is 119 Å². The number of rotatable bonds is 2. The molecular weight excluding hydrogens is 250 g/mol. The first-order chi connectivity index (χ1) is 9.74. The maximum absolute atomic E-state index is 12.4. The summed E-state index contributed by atoms with van der Waals surface area (Å²) < 4.78 is 2.01. The minimum Gasteiger partial charge on any atom is -0.338 e. The van der Waals surface area contributed by atoms with Gasteiger partial charge in [0.25, 0.3) is 5.91 Å². The molecule has 4 heteroatoms. The van der Waals surface area contributed by atoms with E-state index in [4.69, 9.17) is 0 Å². The molecule has 0 N–H and O–H groups in total. The van der Waals surface area contributed by atoms with E-state index in [9.17, 15) is 4.79 Å². The predicted octanol–water partition coefficient (Wildman–Crippen LogP) is 2.67. The van der Waals surface area contributed by atoms with E-state index >= 15 is 0 Å². The molecule has 1 aliphatic rings. The number of carbonyl (C=O) groups is 1. The molecule has 104 valence electrons. The van der Waals surface area contributed by atoms with Crippen molar-refractivity contribution in [1.29, 1.82) is 0 Å². The smallest absolute Gasteiger partial charge is 0.253 e. The first-order valence-electron chi connectivity index (χ1n) is 7.09. The van der Waals surface area contributed by atoms with E-state index < -0.39 is 0 Å². The molecule has 1 fully saturated rings. The highest BCUT2D eigenvalue weighted by Crippen LogP contribution is 2.22. The minimum atomic E-state index is 0.143. The van der Waals surface area contributed by atoms with Gasteiger partial charge in [0.05, 0.1) is 6.04 Å². The highest BCUT2D eigenvalue weighted by atomic mass is 16.2. The van der Waals surface area contributed by atoms with Crippen molar-refractivity contribution in [3.05, 3.63) is 53.9 Å². The molecule has 2 aromatic rings. The molecule has 0 spiro atoms. The van der Waals surface area contributed by atoms with Gasteiger partial charge in [0.1, 0.15) is 0 Å². The summed E-state index contributed by atoms with van der Waals surface area (Å²) in [4.78, 5) is 14.4. The van der Waals surface area contributed by atoms with Crippen molar-refractivity contribution in [2.24, 2.45) is 0 Å². The van der Waals surface area contributed by atoms with Gasteiger partial charge in [0.2, 0.25) is 0 Å². The van der Waals surface area contributed by atoms with E-state index in [0.717, 1.165) is 31.5 Å². The Morgan fingerprint density at radius 1 is 1.20 bits per heavy atom. The van der Waals surface area contributed by atoms with Gasteiger partial charge in [-0.1, -0.05) is 17.7 Å². The Balaban J connectivity index is 1.63. The molecule has 20 heavy (non-hydrogen) atoms. The third-order valence-corrected chi connectivity index (χ3v) is 3.95. The first kappa shape index (κ1) is 12.9. The van der Waals surface area contributed by atoms with E-state index in [1.54, 1.807) is 0 Å². The third-order valence-electron chi connectivity index (χ3n) is 3.95. The van der Waals surface area contributed by atoms with Crippen molar-refractivity contribution in [3.63, 3.8) is 0 Å². The lowest BCUT2D eigenvalue weighted by Crippen LogP contribution is -2.39. The number of aromatic nitrogens is 2. The lowest BCUT2D eigenvalue weighted by molar-refractivity contribution is 0.0690. The normalized spacial score (nSPS) is 16.4. The molecule has 3 rings (SSSR count). The molecule has 4 nitrogen and oxygen atoms in total. The van der Waals surface area contributed by atoms with Crippen molar-refractivity contribution in [2.45, 2.75) is 25.8 Å². The fourth-order valence-corrected chi connectivity index (χ4v) is 2.71. The van der Waals surface area contributed by atoms with Crippen LogP contribution in [-0.4, -0.2) is 33.7 Å². The Morgan fingerprint density at radius 2 is 1.90 bits per heavy atom. The zero-order valence-corrected chi connectivity index (χ0v) is 11.7. The van der Waals surface area contributed by atoms with Gasteiger partial charge in [-0.15, -0.1) is 0 Å². The quantitative estimate of drug-likeness (QED) is 0.840. The van der Waals surface area contributed by atoms with Crippen molar-refractivity contribution in [3.8, 4) is 0 Å². The first-order valence-corrected chi connectivity index (χ1v) is 7.09. The van der Waals surface area contributed by atoms with Crippen LogP contribution in [0.25, 0.3) is 0 Å². The average molecular weight is 269 g/mol. The zero-order valence-electron chi connectivity index (χ0n) is 11.7. The number of nitrogens with zero attached hydrogens (tertiary/aromatic N) is 3. The largest absolute Gasteiger partial charge is 0.338 e. The van der Waals surface area contributed by atoms with Crippen LogP contribution in [0, 0.1) is 6.92 Å². The van der Waals surface area contributed by atoms with Crippen LogP contribution in [-0.2, 0) is 0 Å². The summed E-state index contributed by atoms with van der Waals surface area (Å²) in [7, 11) is 0. The Kier molecular flexibility index (Phi) is 3.54. The maximum Gasteiger partial charge on any atom is 0.253 e. The molecular formula is C16H19N3O. The number of carbonyl (C=O) groups excluding carboxylic acids is 1. The van der Waals surface area contributed by atoms with Crippen LogP contribution in [0.1, 0.15) is 34.8 Å². The van der Waals surface area contributed by atoms with Crippen molar-refractivity contribution in [2.75, 3.05) is 13.1 Å². The number of benzene rings is 1. The van der Waals surface area contributed by atoms with Crippen molar-refractivity contribution < 1.29 is 4.79 Å². The second-order valence-electron chi connectivity index (χ2n) is 5.38. The lowest BCUT2D eigenvalue weighted by atomic mass is 10.0. The lowest BCUT2D eigenvalue weighted by Gasteiger charge is -2.32. The standard InChI is InChI=1S/C16H19N3O/c1-13-3-5-14(6-4-13)16(20)18-11-7-15(8-12-18)19-10-2-9-17-19/h2-6,9-10,15H,7-8,11-12H2,1H3. The highest BCUT2D eigenvalue weighted by Gasteiger charge is 2.24. The summed E-state index contributed by atoms with van der Waals surface area (Å²) in [5.74, 6) is 0.143. The molecule has 1 aliphatic heterocycles. The number of piperidine rings is 1. The number of aryl methyl sites for hydroxylation is 1. The fraction of sp³-hybridized carbons (Fsp3) is 0.375. The summed E-state index contributed by atoms with van der Waals surface area (Å²) in [5, 5.41) is 4.29. The molecule has 0 bridgehead atoms. The number of hydrogen-bond donors (Lipinski definition) is 0. The average Bonchev–Trinajstić information content (AvgIpc) is 3.02. The van der Waals surface area contributed by atoms with Crippen LogP contribution in [0.2, 0.25) is 0 Å². The van der Waals surface area contributed by atoms with Crippen LogP contribution in [0.3, 0.4) is 0 Å². The van der Waals surface area contributed by atoms with Gasteiger partial charge < -0.3 is 4.90 Å². The van der Waals surface area contributed by atoms with Crippen LogP contribution < -0.4 is 0 Å². The molecule has 1 aromatic carbocycles. The fourth-order valence-electron chi connectivity index (χ4n) is 2.71. The summed E-state index contributed by atoms with van der Waals surface area (Å²) in [6.07, 6.45) is 5.75. The SMILES string of the molecule is Cc1ccc(C(=O)N2CCC(n3cccn3)CC2)cc1. The molecule has 0 saturated carbocycles. The number of amides is 1. The third kappa shape index (κ3) is 2.59. The summed E-state index contributed by atoms with van der Waals surface area (Å²) in [5.41, 5.74) is 1.96. The van der Waals surface area contributed by atoms with Gasteiger partial charge in [0.15, 0.2) is 0 Å². The second-order valence-corrected chi connectivity index (χ2v) is 5.38.